The summed E-state index contributed by atoms with van der Waals surface area (Å²) in [4.78, 5) is 11.9. The quantitative estimate of drug-likeness (QED) is 0.287. The number of aliphatic hydroxyl groups is 4. The first kappa shape index (κ1) is 27.5. The molecule has 0 amide bonds. The Morgan fingerprint density at radius 1 is 1.07 bits per heavy atom. The van der Waals surface area contributed by atoms with Crippen molar-refractivity contribution in [3.63, 3.8) is 0 Å². The predicted molar refractivity (Wildman–Crippen MR) is 138 cm³/mol. The first-order chi connectivity index (χ1) is 18.9. The first-order valence-electron chi connectivity index (χ1n) is 14.8. The zero-order valence-corrected chi connectivity index (χ0v) is 23.6. The van der Waals surface area contributed by atoms with Crippen molar-refractivity contribution in [3.8, 4) is 0 Å². The van der Waals surface area contributed by atoms with Gasteiger partial charge in [-0.2, -0.15) is 0 Å². The van der Waals surface area contributed by atoms with Gasteiger partial charge in [0.1, 0.15) is 18.8 Å². The van der Waals surface area contributed by atoms with Gasteiger partial charge < -0.3 is 44.1 Å². The van der Waals surface area contributed by atoms with Gasteiger partial charge in [0.25, 0.3) is 0 Å². The summed E-state index contributed by atoms with van der Waals surface area (Å²) in [5, 5.41) is 46.5. The zero-order valence-electron chi connectivity index (χ0n) is 23.6. The molecule has 7 aliphatic rings. The third kappa shape index (κ3) is 3.30. The fraction of sp³-hybridized carbons (Fsp3) is 0.833. The Morgan fingerprint density at radius 2 is 1.85 bits per heavy atom. The van der Waals surface area contributed by atoms with Gasteiger partial charge >= 0.3 is 5.97 Å². The van der Waals surface area contributed by atoms with E-state index in [-0.39, 0.29) is 30.3 Å². The van der Waals surface area contributed by atoms with E-state index in [0.29, 0.717) is 25.7 Å². The number of methoxy groups -OCH3 is 1. The number of hydrogen-bond donors (Lipinski definition) is 4. The summed E-state index contributed by atoms with van der Waals surface area (Å²) in [6, 6.07) is 0. The molecular weight excluding hydrogens is 520 g/mol. The van der Waals surface area contributed by atoms with Gasteiger partial charge in [-0.15, -0.1) is 0 Å². The van der Waals surface area contributed by atoms with Gasteiger partial charge in [0.05, 0.1) is 23.9 Å². The van der Waals surface area contributed by atoms with Crippen molar-refractivity contribution in [2.75, 3.05) is 13.7 Å². The highest BCUT2D eigenvalue weighted by atomic mass is 16.8. The average Bonchev–Trinajstić information content (AvgIpc) is 3.44. The molecule has 10 heteroatoms. The number of carbonyl (C=O) groups is 1. The SMILES string of the molecule is CO[C@]12O[C@@H]3C[C@@]4(C)C(=C[C@H]3O[C@H](O[C@@H](C)[C@H]1O)[C@H]2O)CC[C@@H]1[C@@H]4C[C@H](O)[C@]2(C)[C@@H](C3=CC(=O)OC3)CC[C@]12O. The molecule has 7 rings (SSSR count). The summed E-state index contributed by atoms with van der Waals surface area (Å²) in [7, 11) is 1.41. The third-order valence-electron chi connectivity index (χ3n) is 12.3. The Labute approximate surface area is 234 Å². The number of hydrogen-bond acceptors (Lipinski definition) is 10. The van der Waals surface area contributed by atoms with Crippen LogP contribution < -0.4 is 0 Å². The normalized spacial score (nSPS) is 57.0. The molecule has 5 fully saturated rings. The lowest BCUT2D eigenvalue weighted by Gasteiger charge is -2.63. The van der Waals surface area contributed by atoms with Crippen molar-refractivity contribution < 1.29 is 48.9 Å². The van der Waals surface area contributed by atoms with E-state index in [2.05, 4.69) is 13.0 Å². The minimum Gasteiger partial charge on any atom is -0.458 e. The molecule has 2 bridgehead atoms. The summed E-state index contributed by atoms with van der Waals surface area (Å²) in [5.41, 5.74) is -0.221. The molecule has 0 spiro atoms. The second-order valence-corrected chi connectivity index (χ2v) is 13.7. The van der Waals surface area contributed by atoms with Gasteiger partial charge in [-0.05, 0) is 74.2 Å². The molecule has 3 aliphatic heterocycles. The Balaban J connectivity index is 1.23. The number of rotatable bonds is 2. The molecule has 0 aromatic heterocycles. The highest BCUT2D eigenvalue weighted by Gasteiger charge is 2.71. The molecule has 3 saturated carbocycles. The Morgan fingerprint density at radius 3 is 2.55 bits per heavy atom. The number of esters is 1. The van der Waals surface area contributed by atoms with E-state index in [0.717, 1.165) is 18.4 Å². The number of ether oxygens (including phenoxy) is 5. The number of carbonyl (C=O) groups excluding carboxylic acids is 1. The molecule has 40 heavy (non-hydrogen) atoms. The predicted octanol–water partition coefficient (Wildman–Crippen LogP) is 1.34. The summed E-state index contributed by atoms with van der Waals surface area (Å²) in [6.45, 7) is 6.11. The Hall–Kier alpha value is -1.37. The van der Waals surface area contributed by atoms with Crippen molar-refractivity contribution >= 4 is 5.97 Å². The largest absolute Gasteiger partial charge is 0.458 e. The monoisotopic (exact) mass is 562 g/mol. The third-order valence-corrected chi connectivity index (χ3v) is 12.3. The van der Waals surface area contributed by atoms with Crippen LogP contribution in [0, 0.1) is 28.6 Å². The van der Waals surface area contributed by atoms with E-state index in [9.17, 15) is 25.2 Å². The molecule has 14 atom stereocenters. The van der Waals surface area contributed by atoms with Crippen LogP contribution in [0.25, 0.3) is 0 Å². The van der Waals surface area contributed by atoms with Crippen LogP contribution >= 0.6 is 0 Å². The number of cyclic esters (lactones) is 1. The van der Waals surface area contributed by atoms with E-state index >= 15 is 0 Å². The molecular formula is C30H42O10. The van der Waals surface area contributed by atoms with Gasteiger partial charge in [-0.25, -0.2) is 4.79 Å². The van der Waals surface area contributed by atoms with Crippen LogP contribution in [0.2, 0.25) is 0 Å². The maximum atomic E-state index is 12.5. The summed E-state index contributed by atoms with van der Waals surface area (Å²) in [5.74, 6) is -2.25. The molecule has 3 heterocycles. The number of fused-ring (bicyclic) bond motifs is 8. The van der Waals surface area contributed by atoms with E-state index in [4.69, 9.17) is 23.7 Å². The lowest BCUT2D eigenvalue weighted by atomic mass is 9.44. The number of aliphatic hydroxyl groups excluding tert-OH is 3. The lowest BCUT2D eigenvalue weighted by molar-refractivity contribution is -0.388. The minimum atomic E-state index is -1.70. The highest BCUT2D eigenvalue weighted by molar-refractivity contribution is 5.85. The van der Waals surface area contributed by atoms with E-state index in [1.54, 1.807) is 13.0 Å². The minimum absolute atomic E-state index is 0.0227. The van der Waals surface area contributed by atoms with Crippen molar-refractivity contribution in [2.24, 2.45) is 28.6 Å². The van der Waals surface area contributed by atoms with Crippen LogP contribution in [-0.2, 0) is 28.5 Å². The fourth-order valence-corrected chi connectivity index (χ4v) is 10.1. The molecule has 10 nitrogen and oxygen atoms in total. The second-order valence-electron chi connectivity index (χ2n) is 13.7. The van der Waals surface area contributed by atoms with Gasteiger partial charge in [-0.3, -0.25) is 0 Å². The van der Waals surface area contributed by atoms with Crippen LogP contribution in [0.15, 0.2) is 23.3 Å². The number of allylic oxidation sites excluding steroid dienone is 1. The highest BCUT2D eigenvalue weighted by Crippen LogP contribution is 2.69. The van der Waals surface area contributed by atoms with Crippen molar-refractivity contribution in [2.45, 2.75) is 114 Å². The molecule has 222 valence electrons. The second kappa shape index (κ2) is 8.83. The van der Waals surface area contributed by atoms with Crippen LogP contribution in [0.5, 0.6) is 0 Å². The zero-order chi connectivity index (χ0) is 28.4. The Bertz CT molecular complexity index is 1150. The van der Waals surface area contributed by atoms with Crippen LogP contribution in [0.3, 0.4) is 0 Å². The molecule has 2 saturated heterocycles. The van der Waals surface area contributed by atoms with Gasteiger partial charge in [-0.1, -0.05) is 25.5 Å². The molecule has 4 aliphatic carbocycles. The standard InChI is InChI=1S/C30H42O10/c1-14-24(33)30(36-4)25(34)26(38-14)39-20-10-16-5-6-18-19(27(16,2)12-21(20)40-30)11-22(31)28(3)17(7-8-29(18,28)35)15-9-23(32)37-13-15/h9-10,14,17-22,24-26,31,33-35H,5-8,11-13H2,1-4H3/t14-,17+,18+,19-,20+,21+,22-,24+,25+,26-,27-,28-,29-,30-/m0/s1. The average molecular weight is 563 g/mol. The smallest absolute Gasteiger partial charge is 0.331 e. The molecule has 0 unspecified atom stereocenters. The van der Waals surface area contributed by atoms with E-state index in [1.165, 1.54) is 12.7 Å². The molecule has 4 N–H and O–H groups in total. The van der Waals surface area contributed by atoms with Crippen molar-refractivity contribution in [3.05, 3.63) is 23.3 Å². The van der Waals surface area contributed by atoms with Gasteiger partial charge in [0.2, 0.25) is 5.79 Å². The Kier molecular flexibility index (Phi) is 6.06. The molecule has 0 aromatic rings. The van der Waals surface area contributed by atoms with Crippen molar-refractivity contribution in [1.82, 2.24) is 0 Å². The molecule has 0 aromatic carbocycles. The van der Waals surface area contributed by atoms with Crippen LogP contribution in [0.4, 0.5) is 0 Å². The van der Waals surface area contributed by atoms with Gasteiger partial charge in [0, 0.05) is 18.6 Å². The summed E-state index contributed by atoms with van der Waals surface area (Å²) >= 11 is 0. The van der Waals surface area contributed by atoms with Crippen LogP contribution in [-0.4, -0.2) is 94.4 Å². The lowest BCUT2D eigenvalue weighted by Crippen LogP contribution is -2.68. The topological polar surface area (TPSA) is 144 Å². The van der Waals surface area contributed by atoms with Crippen LogP contribution in [0.1, 0.15) is 59.3 Å². The summed E-state index contributed by atoms with van der Waals surface area (Å²) in [6.07, 6.45) is 1.40. The maximum absolute atomic E-state index is 12.5. The summed E-state index contributed by atoms with van der Waals surface area (Å²) < 4.78 is 29.5. The van der Waals surface area contributed by atoms with E-state index in [1.807, 2.05) is 6.92 Å². The van der Waals surface area contributed by atoms with Gasteiger partial charge in [0.15, 0.2) is 12.4 Å². The maximum Gasteiger partial charge on any atom is 0.331 e. The molecule has 0 radical (unpaired) electrons. The van der Waals surface area contributed by atoms with Crippen molar-refractivity contribution in [1.29, 1.82) is 0 Å². The van der Waals surface area contributed by atoms with E-state index < -0.39 is 65.1 Å². The first-order valence-corrected chi connectivity index (χ1v) is 14.8. The fourth-order valence-electron chi connectivity index (χ4n) is 10.1.